The maximum absolute atomic E-state index is 11.0. The molecule has 2 atom stereocenters. The summed E-state index contributed by atoms with van der Waals surface area (Å²) in [5.74, 6) is -0.327. The van der Waals surface area contributed by atoms with Crippen LogP contribution in [0.15, 0.2) is 24.3 Å². The molecule has 0 heterocycles. The first kappa shape index (κ1) is 11.2. The van der Waals surface area contributed by atoms with Crippen LogP contribution in [0.1, 0.15) is 42.7 Å². The van der Waals surface area contributed by atoms with Crippen molar-refractivity contribution in [3.05, 3.63) is 35.4 Å². The van der Waals surface area contributed by atoms with Crippen LogP contribution in [0, 0.1) is 12.8 Å². The van der Waals surface area contributed by atoms with Crippen molar-refractivity contribution in [1.82, 2.24) is 0 Å². The summed E-state index contributed by atoms with van der Waals surface area (Å²) in [5.41, 5.74) is 2.56. The number of hydrogen-bond acceptors (Lipinski definition) is 1. The van der Waals surface area contributed by atoms with Crippen LogP contribution < -0.4 is 0 Å². The van der Waals surface area contributed by atoms with Gasteiger partial charge in [-0.25, -0.2) is 0 Å². The Labute approximate surface area is 96.3 Å². The molecule has 1 aromatic rings. The second kappa shape index (κ2) is 4.69. The van der Waals surface area contributed by atoms with Gasteiger partial charge in [0.1, 0.15) is 0 Å². The highest BCUT2D eigenvalue weighted by Crippen LogP contribution is 2.36. The molecule has 0 bridgehead atoms. The summed E-state index contributed by atoms with van der Waals surface area (Å²) in [4.78, 5) is 11.0. The molecule has 16 heavy (non-hydrogen) atoms. The lowest BCUT2D eigenvalue weighted by Crippen LogP contribution is -2.21. The predicted molar refractivity (Wildman–Crippen MR) is 63.5 cm³/mol. The molecule has 2 heteroatoms. The molecule has 86 valence electrons. The van der Waals surface area contributed by atoms with Gasteiger partial charge in [-0.1, -0.05) is 36.2 Å². The van der Waals surface area contributed by atoms with Gasteiger partial charge < -0.3 is 5.11 Å². The van der Waals surface area contributed by atoms with Gasteiger partial charge >= 0.3 is 5.97 Å². The largest absolute Gasteiger partial charge is 0.481 e. The highest BCUT2D eigenvalue weighted by Gasteiger charge is 2.27. The van der Waals surface area contributed by atoms with E-state index in [2.05, 4.69) is 31.2 Å². The molecule has 2 rings (SSSR count). The summed E-state index contributed by atoms with van der Waals surface area (Å²) in [7, 11) is 0. The Balaban J connectivity index is 2.09. The molecular formula is C14H18O2. The van der Waals surface area contributed by atoms with E-state index < -0.39 is 5.97 Å². The predicted octanol–water partition coefficient (Wildman–Crippen LogP) is 3.35. The average molecular weight is 218 g/mol. The smallest absolute Gasteiger partial charge is 0.306 e. The average Bonchev–Trinajstić information content (AvgIpc) is 2.30. The molecular weight excluding hydrogens is 200 g/mol. The van der Waals surface area contributed by atoms with Crippen molar-refractivity contribution in [1.29, 1.82) is 0 Å². The maximum atomic E-state index is 11.0. The van der Waals surface area contributed by atoms with E-state index in [-0.39, 0.29) is 5.92 Å². The van der Waals surface area contributed by atoms with Crippen LogP contribution in [-0.2, 0) is 4.79 Å². The summed E-state index contributed by atoms with van der Waals surface area (Å²) in [6, 6.07) is 8.51. The molecule has 0 saturated heterocycles. The van der Waals surface area contributed by atoms with Gasteiger partial charge in [-0.05, 0) is 37.7 Å². The molecule has 1 N–H and O–H groups in total. The van der Waals surface area contributed by atoms with Crippen LogP contribution in [-0.4, -0.2) is 11.1 Å². The van der Waals surface area contributed by atoms with Crippen LogP contribution in [0.2, 0.25) is 0 Å². The number of carboxylic acid groups (broad SMARTS) is 1. The maximum Gasteiger partial charge on any atom is 0.306 e. The molecule has 1 aliphatic carbocycles. The fourth-order valence-corrected chi connectivity index (χ4v) is 2.56. The standard InChI is InChI=1S/C14H18O2/c1-10-5-7-11(8-6-10)12-3-2-4-13(9-12)14(15)16/h5-8,12-13H,2-4,9H2,1H3,(H,15,16). The lowest BCUT2D eigenvalue weighted by atomic mass is 9.78. The third-order valence-corrected chi connectivity index (χ3v) is 3.57. The van der Waals surface area contributed by atoms with E-state index in [0.717, 1.165) is 25.7 Å². The highest BCUT2D eigenvalue weighted by atomic mass is 16.4. The van der Waals surface area contributed by atoms with Gasteiger partial charge in [0, 0.05) is 0 Å². The van der Waals surface area contributed by atoms with E-state index in [1.54, 1.807) is 0 Å². The van der Waals surface area contributed by atoms with Gasteiger partial charge in [-0.3, -0.25) is 4.79 Å². The van der Waals surface area contributed by atoms with Crippen molar-refractivity contribution in [3.8, 4) is 0 Å². The summed E-state index contributed by atoms with van der Waals surface area (Å²) >= 11 is 0. The second-order valence-corrected chi connectivity index (χ2v) is 4.81. The molecule has 0 amide bonds. The fourth-order valence-electron chi connectivity index (χ4n) is 2.56. The van der Waals surface area contributed by atoms with E-state index >= 15 is 0 Å². The summed E-state index contributed by atoms with van der Waals surface area (Å²) < 4.78 is 0. The van der Waals surface area contributed by atoms with Gasteiger partial charge in [-0.2, -0.15) is 0 Å². The molecule has 0 spiro atoms. The first-order chi connectivity index (χ1) is 7.66. The normalized spacial score (nSPS) is 25.3. The Morgan fingerprint density at radius 1 is 1.25 bits per heavy atom. The summed E-state index contributed by atoms with van der Waals surface area (Å²) in [5, 5.41) is 9.05. The number of benzene rings is 1. The van der Waals surface area contributed by atoms with Crippen molar-refractivity contribution >= 4 is 5.97 Å². The molecule has 1 fully saturated rings. The Kier molecular flexibility index (Phi) is 3.28. The van der Waals surface area contributed by atoms with Crippen LogP contribution in [0.5, 0.6) is 0 Å². The molecule has 1 aliphatic rings. The number of carbonyl (C=O) groups is 1. The van der Waals surface area contributed by atoms with Gasteiger partial charge in [0.05, 0.1) is 5.92 Å². The van der Waals surface area contributed by atoms with Crippen molar-refractivity contribution in [3.63, 3.8) is 0 Å². The van der Waals surface area contributed by atoms with E-state index in [4.69, 9.17) is 5.11 Å². The third-order valence-electron chi connectivity index (χ3n) is 3.57. The number of hydrogen-bond donors (Lipinski definition) is 1. The fraction of sp³-hybridized carbons (Fsp3) is 0.500. The third kappa shape index (κ3) is 2.43. The van der Waals surface area contributed by atoms with E-state index in [1.807, 2.05) is 0 Å². The highest BCUT2D eigenvalue weighted by molar-refractivity contribution is 5.70. The van der Waals surface area contributed by atoms with Gasteiger partial charge in [0.25, 0.3) is 0 Å². The van der Waals surface area contributed by atoms with Gasteiger partial charge in [0.2, 0.25) is 0 Å². The Morgan fingerprint density at radius 2 is 1.94 bits per heavy atom. The quantitative estimate of drug-likeness (QED) is 0.826. The Hall–Kier alpha value is -1.31. The first-order valence-corrected chi connectivity index (χ1v) is 5.96. The molecule has 1 aromatic carbocycles. The zero-order valence-corrected chi connectivity index (χ0v) is 9.65. The SMILES string of the molecule is Cc1ccc(C2CCCC(C(=O)O)C2)cc1. The molecule has 0 aromatic heterocycles. The molecule has 2 unspecified atom stereocenters. The minimum atomic E-state index is -0.628. The molecule has 0 aliphatic heterocycles. The molecule has 0 radical (unpaired) electrons. The van der Waals surface area contributed by atoms with Crippen molar-refractivity contribution in [2.75, 3.05) is 0 Å². The van der Waals surface area contributed by atoms with Crippen molar-refractivity contribution in [2.24, 2.45) is 5.92 Å². The first-order valence-electron chi connectivity index (χ1n) is 5.96. The van der Waals surface area contributed by atoms with E-state index in [9.17, 15) is 4.79 Å². The van der Waals surface area contributed by atoms with Gasteiger partial charge in [0.15, 0.2) is 0 Å². The Morgan fingerprint density at radius 3 is 2.56 bits per heavy atom. The second-order valence-electron chi connectivity index (χ2n) is 4.81. The number of rotatable bonds is 2. The van der Waals surface area contributed by atoms with E-state index in [0.29, 0.717) is 5.92 Å². The van der Waals surface area contributed by atoms with Crippen molar-refractivity contribution < 1.29 is 9.90 Å². The number of aliphatic carboxylic acids is 1. The number of carboxylic acids is 1. The van der Waals surface area contributed by atoms with Crippen LogP contribution in [0.25, 0.3) is 0 Å². The van der Waals surface area contributed by atoms with E-state index in [1.165, 1.54) is 11.1 Å². The topological polar surface area (TPSA) is 37.3 Å². The lowest BCUT2D eigenvalue weighted by molar-refractivity contribution is -0.142. The Bertz CT molecular complexity index is 367. The zero-order chi connectivity index (χ0) is 11.5. The minimum Gasteiger partial charge on any atom is -0.481 e. The van der Waals surface area contributed by atoms with Gasteiger partial charge in [-0.15, -0.1) is 0 Å². The summed E-state index contributed by atoms with van der Waals surface area (Å²) in [6.07, 6.45) is 3.82. The van der Waals surface area contributed by atoms with Crippen molar-refractivity contribution in [2.45, 2.75) is 38.5 Å². The van der Waals surface area contributed by atoms with Crippen LogP contribution in [0.4, 0.5) is 0 Å². The zero-order valence-electron chi connectivity index (χ0n) is 9.65. The number of aryl methyl sites for hydroxylation is 1. The molecule has 1 saturated carbocycles. The molecule has 2 nitrogen and oxygen atoms in total. The minimum absolute atomic E-state index is 0.139. The monoisotopic (exact) mass is 218 g/mol. The van der Waals surface area contributed by atoms with Crippen LogP contribution in [0.3, 0.4) is 0 Å². The van der Waals surface area contributed by atoms with Crippen LogP contribution >= 0.6 is 0 Å². The summed E-state index contributed by atoms with van der Waals surface area (Å²) in [6.45, 7) is 2.07. The lowest BCUT2D eigenvalue weighted by Gasteiger charge is -2.26.